The zero-order chi connectivity index (χ0) is 26.8. The molecule has 2 atom stereocenters. The molecule has 0 saturated carbocycles. The average molecular weight is 578 g/mol. The van der Waals surface area contributed by atoms with Crippen LogP contribution in [0.5, 0.6) is 0 Å². The highest BCUT2D eigenvalue weighted by Gasteiger charge is 2.31. The predicted molar refractivity (Wildman–Crippen MR) is 156 cm³/mol. The van der Waals surface area contributed by atoms with Gasteiger partial charge in [-0.1, -0.05) is 90.3 Å². The van der Waals surface area contributed by atoms with E-state index in [-0.39, 0.29) is 30.2 Å². The quantitative estimate of drug-likeness (QED) is 0.243. The minimum Gasteiger partial charge on any atom is -0.352 e. The number of nitrogens with one attached hydrogen (secondary N) is 1. The lowest BCUT2D eigenvalue weighted by Gasteiger charge is -2.32. The predicted octanol–water partition coefficient (Wildman–Crippen LogP) is 7.43. The number of benzene rings is 3. The van der Waals surface area contributed by atoms with E-state index < -0.39 is 6.04 Å². The Kier molecular flexibility index (Phi) is 11.7. The second kappa shape index (κ2) is 14.7. The minimum absolute atomic E-state index is 0.00742. The Morgan fingerprint density at radius 3 is 2.22 bits per heavy atom. The van der Waals surface area contributed by atoms with Crippen molar-refractivity contribution < 1.29 is 9.59 Å². The summed E-state index contributed by atoms with van der Waals surface area (Å²) in [6.45, 7) is 4.22. The summed E-state index contributed by atoms with van der Waals surface area (Å²) in [6, 6.07) is 21.9. The summed E-state index contributed by atoms with van der Waals surface area (Å²) in [5, 5.41) is 4.61. The van der Waals surface area contributed by atoms with E-state index in [1.807, 2.05) is 74.5 Å². The second-order valence-electron chi connectivity index (χ2n) is 8.91. The highest BCUT2D eigenvalue weighted by atomic mass is 35.5. The SMILES string of the molecule is CC[C@H](C)NC(=O)[C@@H](Cc1ccccc1)N(Cc1ccc(Cl)c(Cl)c1)C(=O)CSCc1ccc(Cl)cc1. The number of hydrogen-bond acceptors (Lipinski definition) is 3. The summed E-state index contributed by atoms with van der Waals surface area (Å²) in [5.74, 6) is 0.595. The molecule has 3 aromatic carbocycles. The molecule has 3 rings (SSSR count). The van der Waals surface area contributed by atoms with Crippen LogP contribution in [-0.2, 0) is 28.3 Å². The van der Waals surface area contributed by atoms with Gasteiger partial charge in [-0.3, -0.25) is 9.59 Å². The normalized spacial score (nSPS) is 12.6. The van der Waals surface area contributed by atoms with E-state index in [9.17, 15) is 9.59 Å². The molecule has 0 aliphatic carbocycles. The summed E-state index contributed by atoms with van der Waals surface area (Å²) in [5.41, 5.74) is 2.86. The van der Waals surface area contributed by atoms with Crippen molar-refractivity contribution in [1.29, 1.82) is 0 Å². The maximum atomic E-state index is 13.7. The second-order valence-corrected chi connectivity index (χ2v) is 11.1. The molecule has 3 aromatic rings. The number of thioether (sulfide) groups is 1. The van der Waals surface area contributed by atoms with E-state index in [2.05, 4.69) is 5.32 Å². The van der Waals surface area contributed by atoms with Crippen LogP contribution in [0.15, 0.2) is 72.8 Å². The first-order valence-electron chi connectivity index (χ1n) is 12.2. The summed E-state index contributed by atoms with van der Waals surface area (Å²) in [7, 11) is 0. The van der Waals surface area contributed by atoms with Gasteiger partial charge in [-0.2, -0.15) is 0 Å². The number of carbonyl (C=O) groups excluding carboxylic acids is 2. The molecule has 2 amide bonds. The molecule has 0 bridgehead atoms. The third-order valence-electron chi connectivity index (χ3n) is 6.02. The Morgan fingerprint density at radius 2 is 1.57 bits per heavy atom. The average Bonchev–Trinajstić information content (AvgIpc) is 2.89. The fraction of sp³-hybridized carbons (Fsp3) is 0.310. The van der Waals surface area contributed by atoms with Crippen LogP contribution in [0.4, 0.5) is 0 Å². The van der Waals surface area contributed by atoms with Gasteiger partial charge in [-0.15, -0.1) is 11.8 Å². The van der Waals surface area contributed by atoms with Crippen LogP contribution in [0.2, 0.25) is 15.1 Å². The van der Waals surface area contributed by atoms with Gasteiger partial charge in [0.2, 0.25) is 11.8 Å². The van der Waals surface area contributed by atoms with E-state index in [1.54, 1.807) is 17.0 Å². The van der Waals surface area contributed by atoms with Gasteiger partial charge in [0.05, 0.1) is 15.8 Å². The summed E-state index contributed by atoms with van der Waals surface area (Å²) < 4.78 is 0. The Hall–Kier alpha value is -2.18. The lowest BCUT2D eigenvalue weighted by Crippen LogP contribution is -2.52. The molecule has 0 fully saturated rings. The Morgan fingerprint density at radius 1 is 0.892 bits per heavy atom. The van der Waals surface area contributed by atoms with Crippen LogP contribution in [-0.4, -0.2) is 34.6 Å². The van der Waals surface area contributed by atoms with Gasteiger partial charge in [0.15, 0.2) is 0 Å². The fourth-order valence-corrected chi connectivity index (χ4v) is 5.07. The highest BCUT2D eigenvalue weighted by molar-refractivity contribution is 7.99. The first-order valence-corrected chi connectivity index (χ1v) is 14.5. The Labute approximate surface area is 238 Å². The number of carbonyl (C=O) groups is 2. The molecule has 0 saturated heterocycles. The van der Waals surface area contributed by atoms with E-state index in [4.69, 9.17) is 34.8 Å². The standard InChI is InChI=1S/C29H31Cl3N2O2S/c1-3-20(2)33-29(36)27(16-21-7-5-4-6-8-21)34(17-23-11-14-25(31)26(32)15-23)28(35)19-37-18-22-9-12-24(30)13-10-22/h4-15,20,27H,3,16-19H2,1-2H3,(H,33,36)/t20-,27+/m0/s1. The molecule has 0 aromatic heterocycles. The molecule has 0 radical (unpaired) electrons. The van der Waals surface area contributed by atoms with E-state index >= 15 is 0 Å². The first kappa shape index (κ1) is 29.4. The molecule has 0 spiro atoms. The van der Waals surface area contributed by atoms with Crippen LogP contribution in [0.3, 0.4) is 0 Å². The number of rotatable bonds is 12. The zero-order valence-corrected chi connectivity index (χ0v) is 24.0. The number of hydrogen-bond donors (Lipinski definition) is 1. The fourth-order valence-electron chi connectivity index (χ4n) is 3.75. The summed E-state index contributed by atoms with van der Waals surface area (Å²) in [6.07, 6.45) is 1.19. The lowest BCUT2D eigenvalue weighted by molar-refractivity contribution is -0.139. The van der Waals surface area contributed by atoms with Gasteiger partial charge in [0, 0.05) is 29.8 Å². The zero-order valence-electron chi connectivity index (χ0n) is 20.9. The molecule has 196 valence electrons. The van der Waals surface area contributed by atoms with E-state index in [0.717, 1.165) is 23.1 Å². The molecule has 0 heterocycles. The molecule has 37 heavy (non-hydrogen) atoms. The molecule has 0 unspecified atom stereocenters. The van der Waals surface area contributed by atoms with Crippen molar-refractivity contribution in [3.8, 4) is 0 Å². The Balaban J connectivity index is 1.87. The number of nitrogens with zero attached hydrogens (tertiary/aromatic N) is 1. The van der Waals surface area contributed by atoms with Crippen LogP contribution < -0.4 is 5.32 Å². The van der Waals surface area contributed by atoms with Crippen LogP contribution in [0, 0.1) is 0 Å². The molecule has 1 N–H and O–H groups in total. The number of halogens is 3. The van der Waals surface area contributed by atoms with Crippen LogP contribution >= 0.6 is 46.6 Å². The molecular weight excluding hydrogens is 547 g/mol. The number of amides is 2. The van der Waals surface area contributed by atoms with Crippen molar-refractivity contribution in [2.75, 3.05) is 5.75 Å². The van der Waals surface area contributed by atoms with Gasteiger partial charge in [-0.05, 0) is 54.3 Å². The van der Waals surface area contributed by atoms with Crippen molar-refractivity contribution in [3.63, 3.8) is 0 Å². The molecule has 4 nitrogen and oxygen atoms in total. The van der Waals surface area contributed by atoms with Gasteiger partial charge in [0.1, 0.15) is 6.04 Å². The van der Waals surface area contributed by atoms with Gasteiger partial charge >= 0.3 is 0 Å². The lowest BCUT2D eigenvalue weighted by atomic mass is 10.0. The van der Waals surface area contributed by atoms with Crippen molar-refractivity contribution in [3.05, 3.63) is 105 Å². The largest absolute Gasteiger partial charge is 0.352 e. The summed E-state index contributed by atoms with van der Waals surface area (Å²) in [4.78, 5) is 28.9. The molecular formula is C29H31Cl3N2O2S. The topological polar surface area (TPSA) is 49.4 Å². The van der Waals surface area contributed by atoms with Gasteiger partial charge < -0.3 is 10.2 Å². The summed E-state index contributed by atoms with van der Waals surface area (Å²) >= 11 is 19.9. The third kappa shape index (κ3) is 9.26. The van der Waals surface area contributed by atoms with Crippen LogP contribution in [0.1, 0.15) is 37.0 Å². The smallest absolute Gasteiger partial charge is 0.243 e. The molecule has 8 heteroatoms. The third-order valence-corrected chi connectivity index (χ3v) is 8.00. The first-order chi connectivity index (χ1) is 17.8. The van der Waals surface area contributed by atoms with Gasteiger partial charge in [-0.25, -0.2) is 0 Å². The minimum atomic E-state index is -0.686. The van der Waals surface area contributed by atoms with Crippen molar-refractivity contribution in [1.82, 2.24) is 10.2 Å². The van der Waals surface area contributed by atoms with E-state index in [1.165, 1.54) is 11.8 Å². The van der Waals surface area contributed by atoms with E-state index in [0.29, 0.717) is 27.2 Å². The van der Waals surface area contributed by atoms with Gasteiger partial charge in [0.25, 0.3) is 0 Å². The monoisotopic (exact) mass is 576 g/mol. The maximum absolute atomic E-state index is 13.7. The molecule has 0 aliphatic rings. The highest BCUT2D eigenvalue weighted by Crippen LogP contribution is 2.25. The van der Waals surface area contributed by atoms with Crippen molar-refractivity contribution in [2.24, 2.45) is 0 Å². The van der Waals surface area contributed by atoms with Crippen molar-refractivity contribution >= 4 is 58.4 Å². The Bertz CT molecular complexity index is 1180. The molecule has 0 aliphatic heterocycles. The van der Waals surface area contributed by atoms with Crippen molar-refractivity contribution in [2.45, 2.75) is 51.1 Å². The maximum Gasteiger partial charge on any atom is 0.243 e. The van der Waals surface area contributed by atoms with Crippen LogP contribution in [0.25, 0.3) is 0 Å².